The van der Waals surface area contributed by atoms with Crippen LogP contribution in [0.1, 0.15) is 65.6 Å². The van der Waals surface area contributed by atoms with Crippen LogP contribution < -0.4 is 0 Å². The molecule has 6 nitrogen and oxygen atoms in total. The van der Waals surface area contributed by atoms with Gasteiger partial charge in [-0.3, -0.25) is 9.69 Å². The van der Waals surface area contributed by atoms with E-state index >= 15 is 0 Å². The minimum absolute atomic E-state index is 0.0811. The number of hydrogen-bond donors (Lipinski definition) is 0. The lowest BCUT2D eigenvalue weighted by Crippen LogP contribution is -2.38. The smallest absolute Gasteiger partial charge is 0.184 e. The number of nitrogens with zero attached hydrogens (tertiary/aromatic N) is 5. The molecule has 1 aliphatic heterocycles. The van der Waals surface area contributed by atoms with E-state index in [1.807, 2.05) is 65.3 Å². The molecule has 1 saturated heterocycles. The molecule has 1 aliphatic rings. The van der Waals surface area contributed by atoms with Crippen molar-refractivity contribution in [3.05, 3.63) is 161 Å². The maximum atomic E-state index is 14.7. The number of tetrazole rings is 1. The van der Waals surface area contributed by atoms with E-state index in [1.165, 1.54) is 0 Å². The van der Waals surface area contributed by atoms with Gasteiger partial charge in [-0.2, -0.15) is 0 Å². The molecule has 0 bridgehead atoms. The Balaban J connectivity index is 1.58. The van der Waals surface area contributed by atoms with Crippen molar-refractivity contribution in [2.24, 2.45) is 5.41 Å². The second kappa shape index (κ2) is 12.3. The quantitative estimate of drug-likeness (QED) is 0.146. The molecule has 6 heteroatoms. The van der Waals surface area contributed by atoms with Crippen LogP contribution in [0.2, 0.25) is 0 Å². The molecule has 3 unspecified atom stereocenters. The van der Waals surface area contributed by atoms with Crippen molar-refractivity contribution in [2.75, 3.05) is 0 Å². The standard InChI is InChI=1S/C37H37N5O/c1-37(2,3)24-31-32(36-38-39-40-42(36)26-28-18-10-5-11-19-28)33(29-20-12-6-13-21-29)41(25-27-16-8-4-9-17-27)34(31)35(43)30-22-14-7-15-23-30/h4-24,32-34H,25-26H2,1-3H3/b31-24+. The average molecular weight is 568 g/mol. The van der Waals surface area contributed by atoms with Gasteiger partial charge in [-0.1, -0.05) is 148 Å². The van der Waals surface area contributed by atoms with E-state index in [2.05, 4.69) is 108 Å². The van der Waals surface area contributed by atoms with Gasteiger partial charge in [-0.05, 0) is 38.1 Å². The molecule has 0 radical (unpaired) electrons. The predicted molar refractivity (Wildman–Crippen MR) is 169 cm³/mol. The number of ketones is 1. The SMILES string of the molecule is CC(C)(C)/C=C1\C(c2nnnn2Cc2ccccc2)C(c2ccccc2)N(Cc2ccccc2)C1C(=O)c1ccccc1. The molecule has 5 aromatic rings. The number of Topliss-reactive ketones (excluding diaryl/α,β-unsaturated/α-hetero) is 1. The molecule has 0 N–H and O–H groups in total. The molecule has 216 valence electrons. The number of likely N-dealkylation sites (tertiary alicyclic amines) is 1. The molecule has 1 fully saturated rings. The highest BCUT2D eigenvalue weighted by atomic mass is 16.1. The fourth-order valence-electron chi connectivity index (χ4n) is 6.24. The van der Waals surface area contributed by atoms with Gasteiger partial charge in [0.15, 0.2) is 11.6 Å². The van der Waals surface area contributed by atoms with Gasteiger partial charge < -0.3 is 0 Å². The fourth-order valence-corrected chi connectivity index (χ4v) is 6.24. The van der Waals surface area contributed by atoms with Crippen molar-refractivity contribution >= 4 is 5.78 Å². The van der Waals surface area contributed by atoms with Crippen molar-refractivity contribution in [3.63, 3.8) is 0 Å². The van der Waals surface area contributed by atoms with Crippen molar-refractivity contribution in [3.8, 4) is 0 Å². The van der Waals surface area contributed by atoms with E-state index < -0.39 is 6.04 Å². The second-order valence-corrected chi connectivity index (χ2v) is 12.3. The maximum absolute atomic E-state index is 14.7. The van der Waals surface area contributed by atoms with Gasteiger partial charge in [0, 0.05) is 18.2 Å². The highest BCUT2D eigenvalue weighted by Crippen LogP contribution is 2.52. The van der Waals surface area contributed by atoms with Crippen molar-refractivity contribution in [1.29, 1.82) is 0 Å². The largest absolute Gasteiger partial charge is 0.292 e. The van der Waals surface area contributed by atoms with Crippen LogP contribution in [0.4, 0.5) is 0 Å². The van der Waals surface area contributed by atoms with Crippen LogP contribution in [0.15, 0.2) is 133 Å². The van der Waals surface area contributed by atoms with Crippen LogP contribution in [0, 0.1) is 5.41 Å². The summed E-state index contributed by atoms with van der Waals surface area (Å²) in [4.78, 5) is 17.0. The summed E-state index contributed by atoms with van der Waals surface area (Å²) in [5.74, 6) is 0.592. The summed E-state index contributed by atoms with van der Waals surface area (Å²) < 4.78 is 1.91. The average Bonchev–Trinajstić information content (AvgIpc) is 3.59. The summed E-state index contributed by atoms with van der Waals surface area (Å²) in [6.45, 7) is 7.70. The number of rotatable bonds is 8. The van der Waals surface area contributed by atoms with Crippen LogP contribution in [-0.4, -0.2) is 36.9 Å². The van der Waals surface area contributed by atoms with E-state index in [4.69, 9.17) is 0 Å². The van der Waals surface area contributed by atoms with Crippen LogP contribution in [0.5, 0.6) is 0 Å². The Morgan fingerprint density at radius 1 is 0.744 bits per heavy atom. The molecular formula is C37H37N5O. The van der Waals surface area contributed by atoms with Gasteiger partial charge in [0.2, 0.25) is 0 Å². The first kappa shape index (κ1) is 28.4. The summed E-state index contributed by atoms with van der Waals surface area (Å²) in [5.41, 5.74) is 4.93. The Hall–Kier alpha value is -4.68. The summed E-state index contributed by atoms with van der Waals surface area (Å²) in [6, 6.07) is 40.1. The maximum Gasteiger partial charge on any atom is 0.184 e. The van der Waals surface area contributed by atoms with Gasteiger partial charge in [0.25, 0.3) is 0 Å². The molecule has 2 heterocycles. The molecule has 4 aromatic carbocycles. The lowest BCUT2D eigenvalue weighted by Gasteiger charge is -2.31. The molecular weight excluding hydrogens is 530 g/mol. The zero-order valence-electron chi connectivity index (χ0n) is 24.9. The van der Waals surface area contributed by atoms with Crippen LogP contribution >= 0.6 is 0 Å². The highest BCUT2D eigenvalue weighted by molar-refractivity contribution is 6.02. The minimum atomic E-state index is -0.501. The zero-order valence-corrected chi connectivity index (χ0v) is 24.9. The summed E-state index contributed by atoms with van der Waals surface area (Å²) in [7, 11) is 0. The van der Waals surface area contributed by atoms with Crippen molar-refractivity contribution < 1.29 is 4.79 Å². The predicted octanol–water partition coefficient (Wildman–Crippen LogP) is 7.29. The lowest BCUT2D eigenvalue weighted by molar-refractivity contribution is 0.0840. The Bertz CT molecular complexity index is 1680. The number of carbonyl (C=O) groups is 1. The van der Waals surface area contributed by atoms with Gasteiger partial charge in [-0.25, -0.2) is 4.68 Å². The normalized spacial score (nSPS) is 20.0. The van der Waals surface area contributed by atoms with Crippen LogP contribution in [0.25, 0.3) is 0 Å². The molecule has 0 saturated carbocycles. The number of aromatic nitrogens is 4. The molecule has 0 spiro atoms. The Labute approximate surface area is 253 Å². The first-order valence-electron chi connectivity index (χ1n) is 14.9. The van der Waals surface area contributed by atoms with Gasteiger partial charge in [-0.15, -0.1) is 5.10 Å². The van der Waals surface area contributed by atoms with E-state index in [-0.39, 0.29) is 23.2 Å². The lowest BCUT2D eigenvalue weighted by atomic mass is 9.82. The third kappa shape index (κ3) is 6.25. The molecule has 0 aliphatic carbocycles. The Kier molecular flexibility index (Phi) is 8.12. The van der Waals surface area contributed by atoms with Crippen molar-refractivity contribution in [1.82, 2.24) is 25.1 Å². The summed E-state index contributed by atoms with van der Waals surface area (Å²) in [6.07, 6.45) is 2.28. The molecule has 43 heavy (non-hydrogen) atoms. The molecule has 1 aromatic heterocycles. The first-order valence-corrected chi connectivity index (χ1v) is 14.9. The Morgan fingerprint density at radius 3 is 1.86 bits per heavy atom. The Morgan fingerprint density at radius 2 is 1.28 bits per heavy atom. The van der Waals surface area contributed by atoms with Crippen LogP contribution in [-0.2, 0) is 13.1 Å². The molecule has 0 amide bonds. The van der Waals surface area contributed by atoms with Gasteiger partial charge >= 0.3 is 0 Å². The number of hydrogen-bond acceptors (Lipinski definition) is 5. The van der Waals surface area contributed by atoms with E-state index in [1.54, 1.807) is 0 Å². The van der Waals surface area contributed by atoms with Crippen molar-refractivity contribution in [2.45, 2.75) is 51.9 Å². The summed E-state index contributed by atoms with van der Waals surface area (Å²) in [5, 5.41) is 13.3. The van der Waals surface area contributed by atoms with E-state index in [0.717, 1.165) is 28.1 Å². The zero-order chi connectivity index (χ0) is 29.8. The number of benzene rings is 4. The second-order valence-electron chi connectivity index (χ2n) is 12.3. The van der Waals surface area contributed by atoms with Crippen LogP contribution in [0.3, 0.4) is 0 Å². The third-order valence-electron chi connectivity index (χ3n) is 7.95. The number of allylic oxidation sites excluding steroid dienone is 1. The van der Waals surface area contributed by atoms with E-state index in [9.17, 15) is 4.79 Å². The highest BCUT2D eigenvalue weighted by Gasteiger charge is 2.51. The van der Waals surface area contributed by atoms with Gasteiger partial charge in [0.05, 0.1) is 18.5 Å². The monoisotopic (exact) mass is 567 g/mol. The first-order chi connectivity index (χ1) is 20.9. The number of carbonyl (C=O) groups excluding carboxylic acids is 1. The molecule has 6 rings (SSSR count). The third-order valence-corrected chi connectivity index (χ3v) is 7.95. The van der Waals surface area contributed by atoms with E-state index in [0.29, 0.717) is 18.7 Å². The topological polar surface area (TPSA) is 63.9 Å². The minimum Gasteiger partial charge on any atom is -0.292 e. The van der Waals surface area contributed by atoms with Gasteiger partial charge in [0.1, 0.15) is 0 Å². The summed E-state index contributed by atoms with van der Waals surface area (Å²) >= 11 is 0. The molecule has 3 atom stereocenters. The fraction of sp³-hybridized carbons (Fsp3) is 0.243.